The average Bonchev–Trinajstić information content (AvgIpc) is 2.43. The molecule has 1 unspecified atom stereocenters. The lowest BCUT2D eigenvalue weighted by atomic mass is 10.2. The number of nitrogens with two attached hydrogens (primary N) is 1. The number of amides is 2. The van der Waals surface area contributed by atoms with E-state index in [-0.39, 0.29) is 30.7 Å². The van der Waals surface area contributed by atoms with Gasteiger partial charge in [0.25, 0.3) is 0 Å². The Morgan fingerprint density at radius 3 is 2.50 bits per heavy atom. The Hall–Kier alpha value is -1.14. The van der Waals surface area contributed by atoms with Gasteiger partial charge in [0, 0.05) is 45.6 Å². The van der Waals surface area contributed by atoms with Crippen LogP contribution < -0.4 is 5.73 Å². The number of ether oxygens (including phenoxy) is 1. The summed E-state index contributed by atoms with van der Waals surface area (Å²) in [6, 6.07) is 0.0102. The highest BCUT2D eigenvalue weighted by Gasteiger charge is 2.20. The number of carbonyl (C=O) groups is 2. The van der Waals surface area contributed by atoms with Crippen LogP contribution in [0.5, 0.6) is 0 Å². The standard InChI is InChI=1S/C12H23N3O3/c1-10(9-13)14(2)11(16)3-4-12(17)15-5-7-18-8-6-15/h10H,3-9,13H2,1-2H3. The molecule has 0 aromatic rings. The first-order valence-electron chi connectivity index (χ1n) is 6.37. The molecule has 1 saturated heterocycles. The monoisotopic (exact) mass is 257 g/mol. The van der Waals surface area contributed by atoms with Gasteiger partial charge in [-0.2, -0.15) is 0 Å². The maximum atomic E-state index is 11.8. The van der Waals surface area contributed by atoms with Crippen molar-refractivity contribution < 1.29 is 14.3 Å². The second kappa shape index (κ2) is 7.33. The zero-order chi connectivity index (χ0) is 13.5. The number of likely N-dealkylation sites (N-methyl/N-ethyl adjacent to an activating group) is 1. The average molecular weight is 257 g/mol. The van der Waals surface area contributed by atoms with Crippen LogP contribution in [0.1, 0.15) is 19.8 Å². The molecule has 1 atom stereocenters. The van der Waals surface area contributed by atoms with Crippen molar-refractivity contribution in [1.82, 2.24) is 9.80 Å². The smallest absolute Gasteiger partial charge is 0.223 e. The van der Waals surface area contributed by atoms with Gasteiger partial charge in [0.1, 0.15) is 0 Å². The molecule has 0 bridgehead atoms. The molecule has 0 spiro atoms. The van der Waals surface area contributed by atoms with Crippen LogP contribution in [0, 0.1) is 0 Å². The highest BCUT2D eigenvalue weighted by molar-refractivity contribution is 5.83. The number of hydrogen-bond donors (Lipinski definition) is 1. The Morgan fingerprint density at radius 2 is 1.94 bits per heavy atom. The summed E-state index contributed by atoms with van der Waals surface area (Å²) >= 11 is 0. The first-order chi connectivity index (χ1) is 8.56. The number of rotatable bonds is 5. The second-order valence-corrected chi connectivity index (χ2v) is 4.58. The summed E-state index contributed by atoms with van der Waals surface area (Å²) in [5.41, 5.74) is 5.50. The number of carbonyl (C=O) groups excluding carboxylic acids is 2. The summed E-state index contributed by atoms with van der Waals surface area (Å²) in [5.74, 6) is -0.00462. The van der Waals surface area contributed by atoms with Crippen LogP contribution in [0.3, 0.4) is 0 Å². The van der Waals surface area contributed by atoms with Crippen molar-refractivity contribution in [2.24, 2.45) is 5.73 Å². The Labute approximate surface area is 108 Å². The van der Waals surface area contributed by atoms with Gasteiger partial charge in [0.05, 0.1) is 13.2 Å². The van der Waals surface area contributed by atoms with E-state index in [1.54, 1.807) is 16.8 Å². The first kappa shape index (κ1) is 14.9. The van der Waals surface area contributed by atoms with Crippen LogP contribution in [0.25, 0.3) is 0 Å². The lowest BCUT2D eigenvalue weighted by molar-refractivity contribution is -0.139. The van der Waals surface area contributed by atoms with Gasteiger partial charge in [-0.25, -0.2) is 0 Å². The summed E-state index contributed by atoms with van der Waals surface area (Å²) in [5, 5.41) is 0. The minimum absolute atomic E-state index is 0.0102. The predicted octanol–water partition coefficient (Wildman–Crippen LogP) is -0.569. The molecule has 0 aliphatic carbocycles. The minimum Gasteiger partial charge on any atom is -0.378 e. The molecule has 1 fully saturated rings. The van der Waals surface area contributed by atoms with E-state index in [1.165, 1.54) is 0 Å². The van der Waals surface area contributed by atoms with E-state index in [1.807, 2.05) is 6.92 Å². The number of hydrogen-bond acceptors (Lipinski definition) is 4. The zero-order valence-electron chi connectivity index (χ0n) is 11.2. The second-order valence-electron chi connectivity index (χ2n) is 4.58. The molecule has 1 aliphatic heterocycles. The number of nitrogens with zero attached hydrogens (tertiary/aromatic N) is 2. The minimum atomic E-state index is -0.0328. The number of morpholine rings is 1. The summed E-state index contributed by atoms with van der Waals surface area (Å²) in [4.78, 5) is 27.0. The highest BCUT2D eigenvalue weighted by Crippen LogP contribution is 2.05. The van der Waals surface area contributed by atoms with Gasteiger partial charge in [0.2, 0.25) is 11.8 Å². The Morgan fingerprint density at radius 1 is 1.33 bits per heavy atom. The van der Waals surface area contributed by atoms with Gasteiger partial charge < -0.3 is 20.3 Å². The van der Waals surface area contributed by atoms with Crippen LogP contribution in [0.15, 0.2) is 0 Å². The zero-order valence-corrected chi connectivity index (χ0v) is 11.2. The van der Waals surface area contributed by atoms with Gasteiger partial charge in [-0.05, 0) is 6.92 Å². The van der Waals surface area contributed by atoms with E-state index in [0.717, 1.165) is 0 Å². The van der Waals surface area contributed by atoms with Crippen molar-refractivity contribution >= 4 is 11.8 Å². The molecule has 18 heavy (non-hydrogen) atoms. The molecular weight excluding hydrogens is 234 g/mol. The fourth-order valence-corrected chi connectivity index (χ4v) is 1.77. The van der Waals surface area contributed by atoms with Crippen molar-refractivity contribution in [3.63, 3.8) is 0 Å². The highest BCUT2D eigenvalue weighted by atomic mass is 16.5. The lowest BCUT2D eigenvalue weighted by Crippen LogP contribution is -2.42. The van der Waals surface area contributed by atoms with Crippen LogP contribution >= 0.6 is 0 Å². The molecule has 6 heteroatoms. The molecule has 0 aromatic carbocycles. The van der Waals surface area contributed by atoms with E-state index in [2.05, 4.69) is 0 Å². The summed E-state index contributed by atoms with van der Waals surface area (Å²) in [6.07, 6.45) is 0.511. The first-order valence-corrected chi connectivity index (χ1v) is 6.37. The molecule has 1 rings (SSSR count). The largest absolute Gasteiger partial charge is 0.378 e. The molecule has 0 saturated carbocycles. The predicted molar refractivity (Wildman–Crippen MR) is 67.9 cm³/mol. The summed E-state index contributed by atoms with van der Waals surface area (Å²) in [7, 11) is 1.72. The van der Waals surface area contributed by atoms with E-state index in [9.17, 15) is 9.59 Å². The summed E-state index contributed by atoms with van der Waals surface area (Å²) < 4.78 is 5.18. The van der Waals surface area contributed by atoms with Gasteiger partial charge in [-0.3, -0.25) is 9.59 Å². The molecule has 104 valence electrons. The van der Waals surface area contributed by atoms with E-state index in [4.69, 9.17) is 10.5 Å². The summed E-state index contributed by atoms with van der Waals surface area (Å²) in [6.45, 7) is 4.75. The van der Waals surface area contributed by atoms with Crippen LogP contribution in [0.2, 0.25) is 0 Å². The molecule has 1 aliphatic rings. The van der Waals surface area contributed by atoms with Gasteiger partial charge in [-0.15, -0.1) is 0 Å². The van der Waals surface area contributed by atoms with E-state index >= 15 is 0 Å². The fourth-order valence-electron chi connectivity index (χ4n) is 1.77. The SMILES string of the molecule is CC(CN)N(C)C(=O)CCC(=O)N1CCOCC1. The normalized spacial score (nSPS) is 17.4. The van der Waals surface area contributed by atoms with Crippen molar-refractivity contribution in [3.05, 3.63) is 0 Å². The van der Waals surface area contributed by atoms with Crippen LogP contribution in [0.4, 0.5) is 0 Å². The quantitative estimate of drug-likeness (QED) is 0.715. The molecule has 6 nitrogen and oxygen atoms in total. The molecule has 1 heterocycles. The van der Waals surface area contributed by atoms with E-state index in [0.29, 0.717) is 32.8 Å². The van der Waals surface area contributed by atoms with E-state index < -0.39 is 0 Å². The van der Waals surface area contributed by atoms with Gasteiger partial charge in [0.15, 0.2) is 0 Å². The third-order valence-electron chi connectivity index (χ3n) is 3.31. The fraction of sp³-hybridized carbons (Fsp3) is 0.833. The third kappa shape index (κ3) is 4.27. The molecular formula is C12H23N3O3. The van der Waals surface area contributed by atoms with Gasteiger partial charge >= 0.3 is 0 Å². The topological polar surface area (TPSA) is 75.9 Å². The Bertz CT molecular complexity index is 276. The van der Waals surface area contributed by atoms with Crippen molar-refractivity contribution in [2.75, 3.05) is 39.9 Å². The van der Waals surface area contributed by atoms with Crippen molar-refractivity contribution in [3.8, 4) is 0 Å². The van der Waals surface area contributed by atoms with Crippen molar-refractivity contribution in [2.45, 2.75) is 25.8 Å². The van der Waals surface area contributed by atoms with Gasteiger partial charge in [-0.1, -0.05) is 0 Å². The van der Waals surface area contributed by atoms with Crippen LogP contribution in [-0.2, 0) is 14.3 Å². The molecule has 2 N–H and O–H groups in total. The Balaban J connectivity index is 2.31. The third-order valence-corrected chi connectivity index (χ3v) is 3.31. The van der Waals surface area contributed by atoms with Crippen LogP contribution in [-0.4, -0.2) is 67.6 Å². The maximum absolute atomic E-state index is 11.8. The molecule has 0 aromatic heterocycles. The maximum Gasteiger partial charge on any atom is 0.223 e. The molecule has 2 amide bonds. The molecule has 0 radical (unpaired) electrons. The lowest BCUT2D eigenvalue weighted by Gasteiger charge is -2.27. The Kier molecular flexibility index (Phi) is 6.07. The van der Waals surface area contributed by atoms with Crippen molar-refractivity contribution in [1.29, 1.82) is 0 Å².